The zero-order valence-electron chi connectivity index (χ0n) is 13.8. The van der Waals surface area contributed by atoms with E-state index in [9.17, 15) is 9.90 Å². The van der Waals surface area contributed by atoms with Crippen LogP contribution in [0.2, 0.25) is 0 Å². The summed E-state index contributed by atoms with van der Waals surface area (Å²) < 4.78 is 0. The van der Waals surface area contributed by atoms with E-state index in [0.29, 0.717) is 12.1 Å². The lowest BCUT2D eigenvalue weighted by Gasteiger charge is -2.08. The van der Waals surface area contributed by atoms with E-state index in [1.807, 2.05) is 53.2 Å². The van der Waals surface area contributed by atoms with Gasteiger partial charge < -0.3 is 10.4 Å². The van der Waals surface area contributed by atoms with Gasteiger partial charge in [0.15, 0.2) is 0 Å². The summed E-state index contributed by atoms with van der Waals surface area (Å²) in [5, 5.41) is 17.3. The SMILES string of the molecule is CCSc1ccccc1C(=O)NCc1ccc(C(O)c2ccsc2)s1. The fourth-order valence-electron chi connectivity index (χ4n) is 2.43. The molecule has 0 bridgehead atoms. The number of aliphatic hydroxyl groups excluding tert-OH is 1. The number of thioether (sulfide) groups is 1. The van der Waals surface area contributed by atoms with Crippen LogP contribution in [0, 0.1) is 0 Å². The summed E-state index contributed by atoms with van der Waals surface area (Å²) in [6.07, 6.45) is -0.595. The smallest absolute Gasteiger partial charge is 0.252 e. The van der Waals surface area contributed by atoms with Crippen LogP contribution in [0.15, 0.2) is 58.1 Å². The summed E-state index contributed by atoms with van der Waals surface area (Å²) in [5.41, 5.74) is 1.62. The van der Waals surface area contributed by atoms with Crippen molar-refractivity contribution in [1.82, 2.24) is 5.32 Å². The first kappa shape index (κ1) is 18.2. The van der Waals surface area contributed by atoms with Gasteiger partial charge in [-0.25, -0.2) is 0 Å². The van der Waals surface area contributed by atoms with E-state index in [1.165, 1.54) is 11.3 Å². The number of hydrogen-bond acceptors (Lipinski definition) is 5. The molecule has 2 aromatic heterocycles. The third-order valence-electron chi connectivity index (χ3n) is 3.67. The lowest BCUT2D eigenvalue weighted by molar-refractivity contribution is 0.0948. The average Bonchev–Trinajstić information content (AvgIpc) is 3.32. The van der Waals surface area contributed by atoms with E-state index in [4.69, 9.17) is 0 Å². The van der Waals surface area contributed by atoms with E-state index >= 15 is 0 Å². The van der Waals surface area contributed by atoms with Crippen LogP contribution in [0.25, 0.3) is 0 Å². The average molecular weight is 390 g/mol. The molecule has 130 valence electrons. The highest BCUT2D eigenvalue weighted by Gasteiger charge is 2.15. The first-order valence-electron chi connectivity index (χ1n) is 7.98. The number of amides is 1. The maximum Gasteiger partial charge on any atom is 0.252 e. The lowest BCUT2D eigenvalue weighted by atomic mass is 10.2. The largest absolute Gasteiger partial charge is 0.383 e. The molecule has 0 saturated heterocycles. The highest BCUT2D eigenvalue weighted by molar-refractivity contribution is 7.99. The van der Waals surface area contributed by atoms with Crippen LogP contribution < -0.4 is 5.32 Å². The van der Waals surface area contributed by atoms with Crippen molar-refractivity contribution in [3.63, 3.8) is 0 Å². The molecule has 25 heavy (non-hydrogen) atoms. The molecule has 3 nitrogen and oxygen atoms in total. The van der Waals surface area contributed by atoms with Crippen molar-refractivity contribution in [3.8, 4) is 0 Å². The molecule has 1 unspecified atom stereocenters. The summed E-state index contributed by atoms with van der Waals surface area (Å²) in [4.78, 5) is 15.4. The van der Waals surface area contributed by atoms with E-state index in [0.717, 1.165) is 26.0 Å². The Balaban J connectivity index is 1.63. The predicted molar refractivity (Wildman–Crippen MR) is 107 cm³/mol. The summed E-state index contributed by atoms with van der Waals surface area (Å²) in [7, 11) is 0. The number of nitrogens with one attached hydrogen (secondary N) is 1. The van der Waals surface area contributed by atoms with Crippen molar-refractivity contribution in [2.75, 3.05) is 5.75 Å². The van der Waals surface area contributed by atoms with Crippen molar-refractivity contribution in [1.29, 1.82) is 0 Å². The zero-order chi connectivity index (χ0) is 17.6. The van der Waals surface area contributed by atoms with Gasteiger partial charge >= 0.3 is 0 Å². The molecule has 0 aliphatic rings. The monoisotopic (exact) mass is 389 g/mol. The molecule has 0 saturated carbocycles. The van der Waals surface area contributed by atoms with Crippen molar-refractivity contribution in [2.45, 2.75) is 24.5 Å². The van der Waals surface area contributed by atoms with Crippen LogP contribution in [0.5, 0.6) is 0 Å². The Morgan fingerprint density at radius 1 is 1.24 bits per heavy atom. The fraction of sp³-hybridized carbons (Fsp3) is 0.211. The quantitative estimate of drug-likeness (QED) is 0.563. The minimum Gasteiger partial charge on any atom is -0.383 e. The Hall–Kier alpha value is -1.60. The van der Waals surface area contributed by atoms with Crippen molar-refractivity contribution in [2.24, 2.45) is 0 Å². The molecular weight excluding hydrogens is 370 g/mol. The number of rotatable bonds is 7. The Morgan fingerprint density at radius 2 is 2.08 bits per heavy atom. The highest BCUT2D eigenvalue weighted by Crippen LogP contribution is 2.29. The van der Waals surface area contributed by atoms with Crippen LogP contribution in [-0.4, -0.2) is 16.8 Å². The normalized spacial score (nSPS) is 12.1. The molecule has 6 heteroatoms. The second-order valence-electron chi connectivity index (χ2n) is 5.38. The number of aliphatic hydroxyl groups is 1. The van der Waals surface area contributed by atoms with E-state index in [-0.39, 0.29) is 5.91 Å². The second kappa shape index (κ2) is 8.67. The minimum absolute atomic E-state index is 0.0649. The summed E-state index contributed by atoms with van der Waals surface area (Å²) in [6.45, 7) is 2.54. The van der Waals surface area contributed by atoms with Crippen molar-refractivity contribution < 1.29 is 9.90 Å². The Labute approximate surface area is 159 Å². The number of hydrogen-bond donors (Lipinski definition) is 2. The van der Waals surface area contributed by atoms with Gasteiger partial charge in [-0.15, -0.1) is 23.1 Å². The molecule has 0 fully saturated rings. The molecule has 1 atom stereocenters. The van der Waals surface area contributed by atoms with Crippen LogP contribution >= 0.6 is 34.4 Å². The fourth-order valence-corrected chi connectivity index (χ4v) is 4.88. The molecule has 0 aliphatic heterocycles. The molecule has 3 rings (SSSR count). The summed E-state index contributed by atoms with van der Waals surface area (Å²) >= 11 is 4.77. The van der Waals surface area contributed by atoms with Gasteiger partial charge in [0.05, 0.1) is 12.1 Å². The number of carbonyl (C=O) groups is 1. The first-order chi connectivity index (χ1) is 12.2. The van der Waals surface area contributed by atoms with Crippen LogP contribution in [0.4, 0.5) is 0 Å². The van der Waals surface area contributed by atoms with Crippen LogP contribution in [0.3, 0.4) is 0 Å². The number of thiophene rings is 2. The van der Waals surface area contributed by atoms with Crippen molar-refractivity contribution >= 4 is 40.3 Å². The third kappa shape index (κ3) is 4.52. The number of benzene rings is 1. The number of carbonyl (C=O) groups excluding carboxylic acids is 1. The third-order valence-corrected chi connectivity index (χ3v) is 6.46. The molecule has 0 aliphatic carbocycles. The van der Waals surface area contributed by atoms with Gasteiger partial charge in [0.1, 0.15) is 6.10 Å². The van der Waals surface area contributed by atoms with Gasteiger partial charge in [-0.05, 0) is 52.4 Å². The molecule has 1 amide bonds. The van der Waals surface area contributed by atoms with Gasteiger partial charge in [-0.2, -0.15) is 11.3 Å². The van der Waals surface area contributed by atoms with E-state index in [1.54, 1.807) is 23.1 Å². The molecule has 3 aromatic rings. The Kier molecular flexibility index (Phi) is 6.31. The molecular formula is C19H19NO2S3. The maximum absolute atomic E-state index is 12.5. The molecule has 0 spiro atoms. The van der Waals surface area contributed by atoms with Crippen molar-refractivity contribution in [3.05, 3.63) is 74.1 Å². The Morgan fingerprint density at radius 3 is 2.84 bits per heavy atom. The predicted octanol–water partition coefficient (Wildman–Crippen LogP) is 4.93. The van der Waals surface area contributed by atoms with E-state index < -0.39 is 6.10 Å². The lowest BCUT2D eigenvalue weighted by Crippen LogP contribution is -2.22. The molecule has 2 heterocycles. The topological polar surface area (TPSA) is 49.3 Å². The van der Waals surface area contributed by atoms with E-state index in [2.05, 4.69) is 12.2 Å². The second-order valence-corrected chi connectivity index (χ2v) is 8.66. The van der Waals surface area contributed by atoms with Crippen LogP contribution in [-0.2, 0) is 6.54 Å². The minimum atomic E-state index is -0.595. The molecule has 0 radical (unpaired) electrons. The molecule has 1 aromatic carbocycles. The Bertz CT molecular complexity index is 827. The summed E-state index contributed by atoms with van der Waals surface area (Å²) in [5.74, 6) is 0.865. The summed E-state index contributed by atoms with van der Waals surface area (Å²) in [6, 6.07) is 13.5. The zero-order valence-corrected chi connectivity index (χ0v) is 16.2. The van der Waals surface area contributed by atoms with Gasteiger partial charge in [-0.3, -0.25) is 4.79 Å². The first-order valence-corrected chi connectivity index (χ1v) is 10.7. The highest BCUT2D eigenvalue weighted by atomic mass is 32.2. The van der Waals surface area contributed by atoms with Crippen LogP contribution in [0.1, 0.15) is 38.7 Å². The molecule has 2 N–H and O–H groups in total. The van der Waals surface area contributed by atoms with Gasteiger partial charge in [0.25, 0.3) is 5.91 Å². The van der Waals surface area contributed by atoms with Gasteiger partial charge in [0, 0.05) is 14.6 Å². The standard InChI is InChI=1S/C19H19NO2S3/c1-2-24-16-6-4-3-5-15(16)19(22)20-11-14-7-8-17(25-14)18(21)13-9-10-23-12-13/h3-10,12,18,21H,2,11H2,1H3,(H,20,22). The van der Waals surface area contributed by atoms with Gasteiger partial charge in [-0.1, -0.05) is 19.1 Å². The maximum atomic E-state index is 12.5. The van der Waals surface area contributed by atoms with Gasteiger partial charge in [0.2, 0.25) is 0 Å².